The zero-order chi connectivity index (χ0) is 27.7. The number of methoxy groups -OCH3 is 1. The van der Waals surface area contributed by atoms with Gasteiger partial charge in [-0.15, -0.1) is 0 Å². The maximum Gasteiger partial charge on any atom is 0.248 e. The number of benzene rings is 1. The van der Waals surface area contributed by atoms with Crippen LogP contribution in [-0.4, -0.2) is 108 Å². The van der Waals surface area contributed by atoms with Crippen molar-refractivity contribution in [1.29, 1.82) is 0 Å². The van der Waals surface area contributed by atoms with E-state index in [4.69, 9.17) is 9.47 Å². The minimum Gasteiger partial charge on any atom is -0.497 e. The van der Waals surface area contributed by atoms with Gasteiger partial charge in [0.15, 0.2) is 0 Å². The lowest BCUT2D eigenvalue weighted by Gasteiger charge is -2.32. The monoisotopic (exact) mass is 552 g/mol. The topological polar surface area (TPSA) is 91.4 Å². The van der Waals surface area contributed by atoms with E-state index in [-0.39, 0.29) is 30.6 Å². The van der Waals surface area contributed by atoms with E-state index >= 15 is 0 Å². The van der Waals surface area contributed by atoms with Crippen molar-refractivity contribution >= 4 is 15.9 Å². The molecule has 0 unspecified atom stereocenters. The van der Waals surface area contributed by atoms with Gasteiger partial charge in [0.25, 0.3) is 0 Å². The van der Waals surface area contributed by atoms with Crippen molar-refractivity contribution in [2.24, 2.45) is 5.92 Å². The molecule has 216 valence electrons. The summed E-state index contributed by atoms with van der Waals surface area (Å²) in [7, 11) is 1.24. The second-order valence-electron chi connectivity index (χ2n) is 11.0. The zero-order valence-electron chi connectivity index (χ0n) is 24.0. The van der Waals surface area contributed by atoms with Gasteiger partial charge in [-0.05, 0) is 94.6 Å². The van der Waals surface area contributed by atoms with E-state index < -0.39 is 10.0 Å². The van der Waals surface area contributed by atoms with Crippen molar-refractivity contribution in [3.63, 3.8) is 0 Å². The molecule has 1 N–H and O–H groups in total. The number of carbonyl (C=O) groups excluding carboxylic acids is 1. The SMILES string of the molecule is COc1cc(C)c(S(=O)(=O)N(C)CCOCC(=O)N(C)C[C@H]2CC[C@H](NCCN3CCCC3)CC2)c(C)c1. The smallest absolute Gasteiger partial charge is 0.248 e. The normalized spacial score (nSPS) is 20.7. The maximum absolute atomic E-state index is 13.1. The quantitative estimate of drug-likeness (QED) is 0.355. The highest BCUT2D eigenvalue weighted by Gasteiger charge is 2.26. The zero-order valence-corrected chi connectivity index (χ0v) is 24.8. The minimum absolute atomic E-state index is 0.0433. The predicted octanol–water partition coefficient (Wildman–Crippen LogP) is 2.65. The molecule has 1 saturated carbocycles. The summed E-state index contributed by atoms with van der Waals surface area (Å²) < 4.78 is 38.3. The molecular weight excluding hydrogens is 504 g/mol. The third-order valence-electron chi connectivity index (χ3n) is 7.98. The molecule has 38 heavy (non-hydrogen) atoms. The average Bonchev–Trinajstić information content (AvgIpc) is 3.40. The summed E-state index contributed by atoms with van der Waals surface area (Å²) in [4.78, 5) is 17.2. The Kier molecular flexibility index (Phi) is 11.8. The summed E-state index contributed by atoms with van der Waals surface area (Å²) in [5.41, 5.74) is 1.27. The van der Waals surface area contributed by atoms with Gasteiger partial charge in [0.1, 0.15) is 12.4 Å². The van der Waals surface area contributed by atoms with Crippen LogP contribution in [0, 0.1) is 19.8 Å². The third-order valence-corrected chi connectivity index (χ3v) is 10.1. The Labute approximate surface area is 229 Å². The van der Waals surface area contributed by atoms with Gasteiger partial charge in [0, 0.05) is 46.3 Å². The van der Waals surface area contributed by atoms with Crippen molar-refractivity contribution in [3.8, 4) is 5.75 Å². The Balaban J connectivity index is 1.33. The first-order valence-electron chi connectivity index (χ1n) is 14.0. The fourth-order valence-corrected chi connectivity index (χ4v) is 7.20. The number of likely N-dealkylation sites (N-methyl/N-ethyl adjacent to an activating group) is 2. The highest BCUT2D eigenvalue weighted by atomic mass is 32.2. The summed E-state index contributed by atoms with van der Waals surface area (Å²) >= 11 is 0. The molecule has 0 atom stereocenters. The number of rotatable bonds is 14. The number of nitrogens with zero attached hydrogens (tertiary/aromatic N) is 3. The lowest BCUT2D eigenvalue weighted by molar-refractivity contribution is -0.135. The molecule has 3 rings (SSSR count). The van der Waals surface area contributed by atoms with Crippen LogP contribution in [0.2, 0.25) is 0 Å². The molecule has 1 aliphatic carbocycles. The van der Waals surface area contributed by atoms with E-state index in [1.54, 1.807) is 38.0 Å². The summed E-state index contributed by atoms with van der Waals surface area (Å²) in [6.07, 6.45) is 7.27. The number of amides is 1. The van der Waals surface area contributed by atoms with Gasteiger partial charge in [-0.3, -0.25) is 4.79 Å². The van der Waals surface area contributed by atoms with Crippen LogP contribution in [0.4, 0.5) is 0 Å². The molecule has 1 aliphatic heterocycles. The first-order valence-corrected chi connectivity index (χ1v) is 15.4. The molecule has 0 radical (unpaired) electrons. The molecule has 1 aromatic rings. The fraction of sp³-hybridized carbons (Fsp3) is 0.750. The third kappa shape index (κ3) is 8.64. The van der Waals surface area contributed by atoms with Gasteiger partial charge in [0.05, 0.1) is 18.6 Å². The molecule has 1 amide bonds. The molecule has 0 aromatic heterocycles. The molecule has 1 aromatic carbocycles. The van der Waals surface area contributed by atoms with Gasteiger partial charge >= 0.3 is 0 Å². The van der Waals surface area contributed by atoms with Crippen LogP contribution in [0.15, 0.2) is 17.0 Å². The maximum atomic E-state index is 13.1. The number of nitrogens with one attached hydrogen (secondary N) is 1. The van der Waals surface area contributed by atoms with Crippen LogP contribution in [0.5, 0.6) is 5.75 Å². The van der Waals surface area contributed by atoms with Crippen molar-refractivity contribution in [2.45, 2.75) is 63.3 Å². The predicted molar refractivity (Wildman–Crippen MR) is 150 cm³/mol. The molecule has 1 heterocycles. The van der Waals surface area contributed by atoms with Crippen molar-refractivity contribution in [1.82, 2.24) is 19.4 Å². The van der Waals surface area contributed by atoms with Crippen molar-refractivity contribution in [3.05, 3.63) is 23.3 Å². The largest absolute Gasteiger partial charge is 0.497 e. The number of hydrogen-bond acceptors (Lipinski definition) is 7. The van der Waals surface area contributed by atoms with Crippen LogP contribution >= 0.6 is 0 Å². The Morgan fingerprint density at radius 1 is 1.08 bits per heavy atom. The number of aryl methyl sites for hydroxylation is 2. The van der Waals surface area contributed by atoms with E-state index in [9.17, 15) is 13.2 Å². The fourth-order valence-electron chi connectivity index (χ4n) is 5.65. The molecule has 2 fully saturated rings. The standard InChI is InChI=1S/C28H48N4O5S/c1-22-18-26(36-5)19-23(2)28(22)38(34,35)31(4)16-17-37-21-27(33)30(3)20-24-8-10-25(11-9-24)29-12-15-32-13-6-7-14-32/h18-19,24-25,29H,6-17,20-21H2,1-5H3/t24-,25-. The van der Waals surface area contributed by atoms with Crippen LogP contribution in [0.3, 0.4) is 0 Å². The lowest BCUT2D eigenvalue weighted by atomic mass is 9.85. The average molecular weight is 553 g/mol. The second-order valence-corrected chi connectivity index (χ2v) is 12.9. The Morgan fingerprint density at radius 2 is 1.71 bits per heavy atom. The van der Waals surface area contributed by atoms with Gasteiger partial charge in [-0.25, -0.2) is 8.42 Å². The van der Waals surface area contributed by atoms with Gasteiger partial charge in [0.2, 0.25) is 15.9 Å². The van der Waals surface area contributed by atoms with Crippen molar-refractivity contribution < 1.29 is 22.7 Å². The molecule has 0 spiro atoms. The van der Waals surface area contributed by atoms with Gasteiger partial charge in [-0.2, -0.15) is 4.31 Å². The van der Waals surface area contributed by atoms with E-state index in [0.29, 0.717) is 28.8 Å². The summed E-state index contributed by atoms with van der Waals surface area (Å²) in [6, 6.07) is 4.03. The molecular formula is C28H48N4O5S. The molecule has 2 aliphatic rings. The van der Waals surface area contributed by atoms with E-state index in [1.807, 2.05) is 7.05 Å². The van der Waals surface area contributed by atoms with Crippen LogP contribution in [-0.2, 0) is 19.6 Å². The van der Waals surface area contributed by atoms with Crippen LogP contribution in [0.1, 0.15) is 49.7 Å². The first-order chi connectivity index (χ1) is 18.1. The summed E-state index contributed by atoms with van der Waals surface area (Å²) in [5.74, 6) is 1.08. The Hall–Kier alpha value is -1.72. The molecule has 0 bridgehead atoms. The van der Waals surface area contributed by atoms with E-state index in [2.05, 4.69) is 10.2 Å². The number of likely N-dealkylation sites (tertiary alicyclic amines) is 1. The highest BCUT2D eigenvalue weighted by molar-refractivity contribution is 7.89. The van der Waals surface area contributed by atoms with Crippen molar-refractivity contribution in [2.75, 3.05) is 73.7 Å². The summed E-state index contributed by atoms with van der Waals surface area (Å²) in [5, 5.41) is 3.73. The van der Waals surface area contributed by atoms with Gasteiger partial charge < -0.3 is 24.6 Å². The molecule has 9 nitrogen and oxygen atoms in total. The second kappa shape index (κ2) is 14.6. The number of carbonyl (C=O) groups is 1. The number of ether oxygens (including phenoxy) is 2. The number of sulfonamides is 1. The highest BCUT2D eigenvalue weighted by Crippen LogP contribution is 2.28. The Bertz CT molecular complexity index is 981. The first kappa shape index (κ1) is 30.8. The lowest BCUT2D eigenvalue weighted by Crippen LogP contribution is -2.41. The number of hydrogen-bond donors (Lipinski definition) is 1. The molecule has 1 saturated heterocycles. The molecule has 10 heteroatoms. The van der Waals surface area contributed by atoms with Gasteiger partial charge in [-0.1, -0.05) is 0 Å². The Morgan fingerprint density at radius 3 is 2.32 bits per heavy atom. The van der Waals surface area contributed by atoms with Crippen LogP contribution < -0.4 is 10.1 Å². The van der Waals surface area contributed by atoms with E-state index in [1.165, 1.54) is 37.3 Å². The summed E-state index contributed by atoms with van der Waals surface area (Å²) in [6.45, 7) is 9.26. The van der Waals surface area contributed by atoms with Crippen LogP contribution in [0.25, 0.3) is 0 Å². The minimum atomic E-state index is -3.68. The van der Waals surface area contributed by atoms with E-state index in [0.717, 1.165) is 45.3 Å².